The van der Waals surface area contributed by atoms with E-state index >= 15 is 0 Å². The molecule has 5 rings (SSSR count). The summed E-state index contributed by atoms with van der Waals surface area (Å²) >= 11 is 0. The van der Waals surface area contributed by atoms with Crippen LogP contribution < -0.4 is 23.8 Å². The molecule has 35 heavy (non-hydrogen) atoms. The summed E-state index contributed by atoms with van der Waals surface area (Å²) in [7, 11) is -3.92. The molecule has 0 saturated heterocycles. The Bertz CT molecular complexity index is 1360. The molecule has 0 radical (unpaired) electrons. The molecular formula is C26H26N2O6S. The lowest BCUT2D eigenvalue weighted by Crippen LogP contribution is -2.52. The third kappa shape index (κ3) is 4.64. The minimum atomic E-state index is -3.92. The molecule has 9 heteroatoms. The number of sulfonamides is 1. The molecule has 2 atom stereocenters. The van der Waals surface area contributed by atoms with E-state index in [1.165, 1.54) is 4.31 Å². The Balaban J connectivity index is 1.34. The van der Waals surface area contributed by atoms with E-state index in [1.54, 1.807) is 42.5 Å². The van der Waals surface area contributed by atoms with Gasteiger partial charge >= 0.3 is 0 Å². The summed E-state index contributed by atoms with van der Waals surface area (Å²) in [6.07, 6.45) is -1.40. The van der Waals surface area contributed by atoms with Crippen molar-refractivity contribution in [3.63, 3.8) is 0 Å². The second kappa shape index (κ2) is 9.14. The number of carbonyl (C=O) groups is 1. The molecule has 0 bridgehead atoms. The number of hydrogen-bond donors (Lipinski definition) is 1. The number of aryl methyl sites for hydroxylation is 2. The Hall–Kier alpha value is -3.72. The van der Waals surface area contributed by atoms with Crippen LogP contribution in [0.5, 0.6) is 17.2 Å². The largest absolute Gasteiger partial charge is 0.486 e. The highest BCUT2D eigenvalue weighted by atomic mass is 32.2. The van der Waals surface area contributed by atoms with E-state index in [0.717, 1.165) is 11.1 Å². The molecule has 2 aliphatic rings. The predicted molar refractivity (Wildman–Crippen MR) is 131 cm³/mol. The van der Waals surface area contributed by atoms with Crippen LogP contribution in [0.2, 0.25) is 0 Å². The maximum absolute atomic E-state index is 13.6. The van der Waals surface area contributed by atoms with Crippen molar-refractivity contribution in [1.29, 1.82) is 0 Å². The molecule has 8 nitrogen and oxygen atoms in total. The highest BCUT2D eigenvalue weighted by molar-refractivity contribution is 7.92. The Morgan fingerprint density at radius 2 is 1.66 bits per heavy atom. The topological polar surface area (TPSA) is 94.2 Å². The predicted octanol–water partition coefficient (Wildman–Crippen LogP) is 3.22. The molecular weight excluding hydrogens is 468 g/mol. The lowest BCUT2D eigenvalue weighted by atomic mass is 10.1. The molecule has 1 N–H and O–H groups in total. The number of rotatable bonds is 5. The van der Waals surface area contributed by atoms with E-state index in [-0.39, 0.29) is 24.1 Å². The summed E-state index contributed by atoms with van der Waals surface area (Å²) in [5.74, 6) is 1.19. The van der Waals surface area contributed by atoms with Crippen LogP contribution in [0.1, 0.15) is 11.1 Å². The quantitative estimate of drug-likeness (QED) is 0.586. The Morgan fingerprint density at radius 1 is 0.943 bits per heavy atom. The third-order valence-corrected chi connectivity index (χ3v) is 7.75. The first-order chi connectivity index (χ1) is 16.8. The van der Waals surface area contributed by atoms with Crippen LogP contribution >= 0.6 is 0 Å². The maximum Gasteiger partial charge on any atom is 0.264 e. The van der Waals surface area contributed by atoms with Crippen LogP contribution in [-0.2, 0) is 14.8 Å². The minimum absolute atomic E-state index is 0.149. The summed E-state index contributed by atoms with van der Waals surface area (Å²) in [6.45, 7) is 4.10. The summed E-state index contributed by atoms with van der Waals surface area (Å²) in [5, 5.41) is 2.82. The van der Waals surface area contributed by atoms with Crippen molar-refractivity contribution in [2.24, 2.45) is 0 Å². The molecule has 0 spiro atoms. The van der Waals surface area contributed by atoms with Gasteiger partial charge in [0.15, 0.2) is 17.6 Å². The molecule has 2 heterocycles. The fourth-order valence-corrected chi connectivity index (χ4v) is 5.52. The van der Waals surface area contributed by atoms with Gasteiger partial charge in [0.2, 0.25) is 0 Å². The number of amides is 1. The summed E-state index contributed by atoms with van der Waals surface area (Å²) in [6, 6.07) is 19.2. The molecule has 0 unspecified atom stereocenters. The zero-order valence-electron chi connectivity index (χ0n) is 19.4. The second-order valence-corrected chi connectivity index (χ2v) is 10.5. The van der Waals surface area contributed by atoms with Crippen LogP contribution in [0.4, 0.5) is 5.69 Å². The van der Waals surface area contributed by atoms with Gasteiger partial charge in [-0.3, -0.25) is 9.10 Å². The molecule has 0 saturated carbocycles. The zero-order valence-corrected chi connectivity index (χ0v) is 20.2. The lowest BCUT2D eigenvalue weighted by Gasteiger charge is -2.35. The Labute approximate surface area is 204 Å². The van der Waals surface area contributed by atoms with Gasteiger partial charge in [-0.1, -0.05) is 35.9 Å². The summed E-state index contributed by atoms with van der Waals surface area (Å²) < 4.78 is 45.9. The van der Waals surface area contributed by atoms with Gasteiger partial charge in [0.05, 0.1) is 23.7 Å². The lowest BCUT2D eigenvalue weighted by molar-refractivity contribution is -0.128. The van der Waals surface area contributed by atoms with E-state index < -0.39 is 22.0 Å². The van der Waals surface area contributed by atoms with Crippen LogP contribution in [0.25, 0.3) is 0 Å². The highest BCUT2D eigenvalue weighted by Crippen LogP contribution is 2.38. The van der Waals surface area contributed by atoms with Crippen LogP contribution in [0.15, 0.2) is 71.6 Å². The number of hydrogen-bond acceptors (Lipinski definition) is 6. The van der Waals surface area contributed by atoms with E-state index in [9.17, 15) is 13.2 Å². The number of ether oxygens (including phenoxy) is 3. The van der Waals surface area contributed by atoms with Crippen molar-refractivity contribution in [3.8, 4) is 17.2 Å². The summed E-state index contributed by atoms with van der Waals surface area (Å²) in [5.41, 5.74) is 2.25. The second-order valence-electron chi connectivity index (χ2n) is 8.67. The highest BCUT2D eigenvalue weighted by Gasteiger charge is 2.38. The van der Waals surface area contributed by atoms with Crippen molar-refractivity contribution in [3.05, 3.63) is 77.9 Å². The number of anilines is 1. The number of nitrogens with zero attached hydrogens (tertiary/aromatic N) is 1. The number of carbonyl (C=O) groups excluding carboxylic acids is 1. The van der Waals surface area contributed by atoms with Crippen molar-refractivity contribution in [2.75, 3.05) is 24.0 Å². The van der Waals surface area contributed by atoms with Gasteiger partial charge in [0.25, 0.3) is 15.9 Å². The fourth-order valence-electron chi connectivity index (χ4n) is 4.05. The maximum atomic E-state index is 13.6. The number of fused-ring (bicyclic) bond motifs is 2. The van der Waals surface area contributed by atoms with Gasteiger partial charge in [0.1, 0.15) is 18.5 Å². The molecule has 0 aromatic heterocycles. The molecule has 3 aromatic carbocycles. The third-order valence-electron chi connectivity index (χ3n) is 5.96. The van der Waals surface area contributed by atoms with Gasteiger partial charge in [-0.2, -0.15) is 0 Å². The first kappa shape index (κ1) is 23.0. The fraction of sp³-hybridized carbons (Fsp3) is 0.269. The SMILES string of the molecule is Cc1ccc(S(=O)(=O)N2C[C@@H](C(=O)NC[C@@H]3COc4ccccc4O3)Oc3ccc(C)cc32)cc1. The number of nitrogens with one attached hydrogen (secondary N) is 1. The van der Waals surface area contributed by atoms with Crippen molar-refractivity contribution in [1.82, 2.24) is 5.32 Å². The minimum Gasteiger partial charge on any atom is -0.486 e. The van der Waals surface area contributed by atoms with Gasteiger partial charge in [0, 0.05) is 0 Å². The molecule has 0 aliphatic carbocycles. The van der Waals surface area contributed by atoms with E-state index in [1.807, 2.05) is 38.1 Å². The molecule has 0 fully saturated rings. The number of benzene rings is 3. The monoisotopic (exact) mass is 494 g/mol. The first-order valence-electron chi connectivity index (χ1n) is 11.3. The van der Waals surface area contributed by atoms with Crippen molar-refractivity contribution in [2.45, 2.75) is 31.0 Å². The normalized spacial score (nSPS) is 18.9. The average molecular weight is 495 g/mol. The van der Waals surface area contributed by atoms with E-state index in [2.05, 4.69) is 5.32 Å². The standard InChI is InChI=1S/C26H26N2O6S/c1-17-7-10-20(11-8-17)35(30,31)28-15-25(34-22-12-9-18(2)13-21(22)28)26(29)27-14-19-16-32-23-5-3-4-6-24(23)33-19/h3-13,19,25H,14-16H2,1-2H3,(H,27,29)/t19-,25+/m1/s1. The smallest absolute Gasteiger partial charge is 0.264 e. The van der Waals surface area contributed by atoms with E-state index in [4.69, 9.17) is 14.2 Å². The molecule has 1 amide bonds. The van der Waals surface area contributed by atoms with Crippen molar-refractivity contribution >= 4 is 21.6 Å². The Morgan fingerprint density at radius 3 is 2.43 bits per heavy atom. The Kier molecular flexibility index (Phi) is 6.02. The average Bonchev–Trinajstić information content (AvgIpc) is 2.86. The molecule has 3 aromatic rings. The van der Waals surface area contributed by atoms with Gasteiger partial charge in [-0.05, 0) is 55.8 Å². The van der Waals surface area contributed by atoms with Crippen molar-refractivity contribution < 1.29 is 27.4 Å². The van der Waals surface area contributed by atoms with Gasteiger partial charge in [-0.25, -0.2) is 8.42 Å². The van der Waals surface area contributed by atoms with Gasteiger partial charge < -0.3 is 19.5 Å². The van der Waals surface area contributed by atoms with E-state index in [0.29, 0.717) is 29.5 Å². The molecule has 182 valence electrons. The number of para-hydroxylation sites is 2. The first-order valence-corrected chi connectivity index (χ1v) is 12.8. The molecule has 2 aliphatic heterocycles. The van der Waals surface area contributed by atoms with Gasteiger partial charge in [-0.15, -0.1) is 0 Å². The van der Waals surface area contributed by atoms with Crippen LogP contribution in [0, 0.1) is 13.8 Å². The van der Waals surface area contributed by atoms with Crippen LogP contribution in [0.3, 0.4) is 0 Å². The summed E-state index contributed by atoms with van der Waals surface area (Å²) in [4.78, 5) is 13.2. The van der Waals surface area contributed by atoms with Crippen LogP contribution in [-0.4, -0.2) is 46.2 Å². The zero-order chi connectivity index (χ0) is 24.6.